The second-order valence-corrected chi connectivity index (χ2v) is 4.48. The van der Waals surface area contributed by atoms with Gasteiger partial charge in [0.25, 0.3) is 5.69 Å². The smallest absolute Gasteiger partial charge is 0.342 e. The Morgan fingerprint density at radius 1 is 1.50 bits per heavy atom. The van der Waals surface area contributed by atoms with Crippen LogP contribution in [0.3, 0.4) is 0 Å². The fourth-order valence-corrected chi connectivity index (χ4v) is 2.19. The summed E-state index contributed by atoms with van der Waals surface area (Å²) < 4.78 is 6.47. The number of hydrogen-bond acceptors (Lipinski definition) is 5. The quantitative estimate of drug-likeness (QED) is 0.485. The molecule has 0 aliphatic carbocycles. The number of aromatic nitrogens is 2. The van der Waals surface area contributed by atoms with E-state index in [4.69, 9.17) is 4.74 Å². The second-order valence-electron chi connectivity index (χ2n) is 3.73. The van der Waals surface area contributed by atoms with Crippen LogP contribution in [-0.4, -0.2) is 27.3 Å². The summed E-state index contributed by atoms with van der Waals surface area (Å²) in [5, 5.41) is 15.0. The minimum absolute atomic E-state index is 0.105. The van der Waals surface area contributed by atoms with Crippen molar-refractivity contribution in [2.24, 2.45) is 0 Å². The SMILES string of the molecule is CCOC(=O)c1cnn(-c2ccccc2[N+](=O)[O-])c1Br. The number of esters is 1. The van der Waals surface area contributed by atoms with E-state index in [2.05, 4.69) is 21.0 Å². The zero-order valence-corrected chi connectivity index (χ0v) is 12.0. The largest absolute Gasteiger partial charge is 0.462 e. The van der Waals surface area contributed by atoms with E-state index in [9.17, 15) is 14.9 Å². The second kappa shape index (κ2) is 5.83. The number of nitrogens with zero attached hydrogens (tertiary/aromatic N) is 3. The van der Waals surface area contributed by atoms with E-state index in [1.807, 2.05) is 0 Å². The summed E-state index contributed by atoms with van der Waals surface area (Å²) >= 11 is 3.22. The molecule has 0 aliphatic heterocycles. The number of rotatable bonds is 4. The van der Waals surface area contributed by atoms with Crippen LogP contribution in [0.1, 0.15) is 17.3 Å². The minimum atomic E-state index is -0.538. The molecule has 20 heavy (non-hydrogen) atoms. The third-order valence-electron chi connectivity index (χ3n) is 2.51. The van der Waals surface area contributed by atoms with Crippen molar-refractivity contribution < 1.29 is 14.5 Å². The van der Waals surface area contributed by atoms with Gasteiger partial charge in [-0.2, -0.15) is 5.10 Å². The lowest BCUT2D eigenvalue weighted by atomic mass is 10.2. The molecule has 1 aromatic carbocycles. The van der Waals surface area contributed by atoms with Crippen molar-refractivity contribution in [2.75, 3.05) is 6.61 Å². The number of nitro benzene ring substituents is 1. The number of nitro groups is 1. The summed E-state index contributed by atoms with van der Waals surface area (Å²) in [7, 11) is 0. The lowest BCUT2D eigenvalue weighted by molar-refractivity contribution is -0.384. The minimum Gasteiger partial charge on any atom is -0.462 e. The van der Waals surface area contributed by atoms with Crippen molar-refractivity contribution in [3.8, 4) is 5.69 Å². The predicted octanol–water partition coefficient (Wildman–Crippen LogP) is 2.72. The molecular formula is C12H10BrN3O4. The number of carbonyl (C=O) groups is 1. The highest BCUT2D eigenvalue weighted by atomic mass is 79.9. The van der Waals surface area contributed by atoms with Gasteiger partial charge in [0.2, 0.25) is 0 Å². The van der Waals surface area contributed by atoms with Crippen molar-refractivity contribution >= 4 is 27.6 Å². The van der Waals surface area contributed by atoms with Gasteiger partial charge in [0.05, 0.1) is 17.7 Å². The highest BCUT2D eigenvalue weighted by molar-refractivity contribution is 9.10. The fraction of sp³-hybridized carbons (Fsp3) is 0.167. The van der Waals surface area contributed by atoms with Gasteiger partial charge in [-0.1, -0.05) is 12.1 Å². The van der Waals surface area contributed by atoms with Crippen LogP contribution < -0.4 is 0 Å². The Hall–Kier alpha value is -2.22. The van der Waals surface area contributed by atoms with E-state index < -0.39 is 10.9 Å². The Kier molecular flexibility index (Phi) is 4.14. The average molecular weight is 340 g/mol. The van der Waals surface area contributed by atoms with Gasteiger partial charge in [0, 0.05) is 6.07 Å². The zero-order valence-electron chi connectivity index (χ0n) is 10.4. The third-order valence-corrected chi connectivity index (χ3v) is 3.28. The first kappa shape index (κ1) is 14.2. The standard InChI is InChI=1S/C12H10BrN3O4/c1-2-20-12(17)8-7-14-15(11(8)13)9-5-3-4-6-10(9)16(18)19/h3-7H,2H2,1H3. The molecule has 0 saturated heterocycles. The molecule has 0 atom stereocenters. The molecule has 0 spiro atoms. The van der Waals surface area contributed by atoms with E-state index in [-0.39, 0.29) is 23.5 Å². The van der Waals surface area contributed by atoms with Gasteiger partial charge in [-0.25, -0.2) is 9.48 Å². The van der Waals surface area contributed by atoms with Gasteiger partial charge in [0.15, 0.2) is 0 Å². The van der Waals surface area contributed by atoms with E-state index >= 15 is 0 Å². The molecule has 0 radical (unpaired) electrons. The summed E-state index contributed by atoms with van der Waals surface area (Å²) in [4.78, 5) is 22.2. The van der Waals surface area contributed by atoms with E-state index in [0.29, 0.717) is 4.60 Å². The number of benzene rings is 1. The Morgan fingerprint density at radius 2 is 2.20 bits per heavy atom. The van der Waals surface area contributed by atoms with Crippen LogP contribution in [0.5, 0.6) is 0 Å². The lowest BCUT2D eigenvalue weighted by Gasteiger charge is -2.04. The van der Waals surface area contributed by atoms with Gasteiger partial charge >= 0.3 is 5.97 Å². The number of hydrogen-bond donors (Lipinski definition) is 0. The summed E-state index contributed by atoms with van der Waals surface area (Å²) in [5.41, 5.74) is 0.372. The maximum atomic E-state index is 11.7. The summed E-state index contributed by atoms with van der Waals surface area (Å²) in [6.45, 7) is 1.93. The van der Waals surface area contributed by atoms with Crippen LogP contribution in [0.25, 0.3) is 5.69 Å². The maximum absolute atomic E-state index is 11.7. The number of carbonyl (C=O) groups excluding carboxylic acids is 1. The molecule has 7 nitrogen and oxygen atoms in total. The molecule has 0 N–H and O–H groups in total. The first-order valence-electron chi connectivity index (χ1n) is 5.70. The van der Waals surface area contributed by atoms with Crippen molar-refractivity contribution in [2.45, 2.75) is 6.92 Å². The van der Waals surface area contributed by atoms with Crippen LogP contribution in [0.2, 0.25) is 0 Å². The van der Waals surface area contributed by atoms with Gasteiger partial charge in [-0.3, -0.25) is 10.1 Å². The van der Waals surface area contributed by atoms with E-state index in [0.717, 1.165) is 0 Å². The van der Waals surface area contributed by atoms with Crippen molar-refractivity contribution in [3.05, 3.63) is 50.7 Å². The van der Waals surface area contributed by atoms with Gasteiger partial charge in [-0.15, -0.1) is 0 Å². The first-order valence-corrected chi connectivity index (χ1v) is 6.50. The van der Waals surface area contributed by atoms with Crippen LogP contribution in [0.4, 0.5) is 5.69 Å². The average Bonchev–Trinajstić information content (AvgIpc) is 2.80. The predicted molar refractivity (Wildman–Crippen MR) is 73.9 cm³/mol. The monoisotopic (exact) mass is 339 g/mol. The number of ether oxygens (including phenoxy) is 1. The first-order chi connectivity index (χ1) is 9.56. The van der Waals surface area contributed by atoms with Gasteiger partial charge in [-0.05, 0) is 28.9 Å². The molecule has 2 rings (SSSR count). The summed E-state index contributed by atoms with van der Waals surface area (Å²) in [6, 6.07) is 6.13. The lowest BCUT2D eigenvalue weighted by Crippen LogP contribution is -2.06. The van der Waals surface area contributed by atoms with Crippen molar-refractivity contribution in [1.29, 1.82) is 0 Å². The molecule has 0 amide bonds. The number of halogens is 1. The molecule has 0 aliphatic rings. The molecule has 0 bridgehead atoms. The van der Waals surface area contributed by atoms with Crippen molar-refractivity contribution in [3.63, 3.8) is 0 Å². The van der Waals surface area contributed by atoms with Crippen LogP contribution >= 0.6 is 15.9 Å². The topological polar surface area (TPSA) is 87.3 Å². The van der Waals surface area contributed by atoms with Gasteiger partial charge < -0.3 is 4.74 Å². The molecule has 8 heteroatoms. The highest BCUT2D eigenvalue weighted by Crippen LogP contribution is 2.27. The van der Waals surface area contributed by atoms with E-state index in [1.165, 1.54) is 16.9 Å². The molecule has 104 valence electrons. The molecule has 0 unspecified atom stereocenters. The molecule has 1 aromatic heterocycles. The number of para-hydroxylation sites is 2. The Balaban J connectivity index is 2.50. The van der Waals surface area contributed by atoms with E-state index in [1.54, 1.807) is 25.1 Å². The summed E-state index contributed by atoms with van der Waals surface area (Å²) in [6.07, 6.45) is 1.30. The van der Waals surface area contributed by atoms with Crippen LogP contribution in [-0.2, 0) is 4.74 Å². The maximum Gasteiger partial charge on any atom is 0.342 e. The molecule has 0 saturated carbocycles. The third kappa shape index (κ3) is 2.55. The van der Waals surface area contributed by atoms with Crippen molar-refractivity contribution in [1.82, 2.24) is 9.78 Å². The molecular weight excluding hydrogens is 330 g/mol. The Morgan fingerprint density at radius 3 is 2.85 bits per heavy atom. The van der Waals surface area contributed by atoms with Crippen LogP contribution in [0.15, 0.2) is 35.1 Å². The van der Waals surface area contributed by atoms with Crippen LogP contribution in [0, 0.1) is 10.1 Å². The molecule has 1 heterocycles. The summed E-state index contributed by atoms with van der Waals surface area (Å²) in [5.74, 6) is -0.538. The van der Waals surface area contributed by atoms with Gasteiger partial charge in [0.1, 0.15) is 15.9 Å². The Bertz CT molecular complexity index is 668. The molecule has 0 fully saturated rings. The zero-order chi connectivity index (χ0) is 14.7. The normalized spacial score (nSPS) is 10.3. The Labute approximate surface area is 122 Å². The fourth-order valence-electron chi connectivity index (χ4n) is 1.64. The highest BCUT2D eigenvalue weighted by Gasteiger charge is 2.22. The molecule has 2 aromatic rings.